The number of thiazole rings is 1. The highest BCUT2D eigenvalue weighted by atomic mass is 32.1. The molecule has 0 saturated carbocycles. The van der Waals surface area contributed by atoms with Crippen molar-refractivity contribution in [1.82, 2.24) is 35.1 Å². The summed E-state index contributed by atoms with van der Waals surface area (Å²) in [5, 5.41) is 14.4. The lowest BCUT2D eigenvalue weighted by molar-refractivity contribution is 0.171. The third-order valence-corrected chi connectivity index (χ3v) is 8.30. The maximum atomic E-state index is 13.5. The molecule has 2 aliphatic rings. The van der Waals surface area contributed by atoms with Crippen LogP contribution in [0.2, 0.25) is 0 Å². The van der Waals surface area contributed by atoms with Crippen molar-refractivity contribution in [2.45, 2.75) is 12.6 Å². The van der Waals surface area contributed by atoms with Gasteiger partial charge in [-0.1, -0.05) is 23.5 Å². The molecule has 1 atom stereocenters. The predicted molar refractivity (Wildman–Crippen MR) is 146 cm³/mol. The minimum Gasteiger partial charge on any atom is -0.454 e. The molecule has 39 heavy (non-hydrogen) atoms. The number of nitrogens with one attached hydrogen (secondary N) is 1. The Balaban J connectivity index is 1.24. The van der Waals surface area contributed by atoms with Crippen molar-refractivity contribution in [3.8, 4) is 11.5 Å². The third kappa shape index (κ3) is 4.37. The van der Waals surface area contributed by atoms with Crippen LogP contribution < -0.4 is 19.9 Å². The first-order chi connectivity index (χ1) is 19.2. The monoisotopic (exact) mass is 546 g/mol. The number of hydrogen-bond donors (Lipinski definition) is 1. The van der Waals surface area contributed by atoms with Crippen LogP contribution in [0.3, 0.4) is 0 Å². The SMILES string of the molecule is COCCn1nnnc1C(c1cc2cc3c(cc2[nH]c1=O)OCO3)N1CCN(c2nc3ccccc3s2)CC1. The van der Waals surface area contributed by atoms with E-state index < -0.39 is 6.04 Å². The number of nitrogens with zero attached hydrogens (tertiary/aromatic N) is 7. The highest BCUT2D eigenvalue weighted by Gasteiger charge is 2.33. The molecule has 5 aromatic rings. The van der Waals surface area contributed by atoms with Gasteiger partial charge in [0.05, 0.1) is 28.9 Å². The number of benzene rings is 2. The van der Waals surface area contributed by atoms with Crippen molar-refractivity contribution < 1.29 is 14.2 Å². The van der Waals surface area contributed by atoms with Crippen LogP contribution in [0, 0.1) is 0 Å². The first-order valence-corrected chi connectivity index (χ1v) is 13.6. The van der Waals surface area contributed by atoms with Gasteiger partial charge in [-0.3, -0.25) is 9.69 Å². The normalized spacial score (nSPS) is 16.4. The molecule has 0 bridgehead atoms. The number of ether oxygens (including phenoxy) is 3. The van der Waals surface area contributed by atoms with Crippen molar-refractivity contribution in [3.05, 3.63) is 64.2 Å². The predicted octanol–water partition coefficient (Wildman–Crippen LogP) is 2.41. The number of para-hydroxylation sites is 1. The van der Waals surface area contributed by atoms with Gasteiger partial charge in [0.15, 0.2) is 22.5 Å². The van der Waals surface area contributed by atoms with Crippen molar-refractivity contribution in [2.75, 3.05) is 51.6 Å². The summed E-state index contributed by atoms with van der Waals surface area (Å²) in [4.78, 5) is 26.0. The maximum absolute atomic E-state index is 13.5. The number of H-pyrrole nitrogens is 1. The topological polar surface area (TPSA) is 124 Å². The quantitative estimate of drug-likeness (QED) is 0.325. The van der Waals surface area contributed by atoms with Crippen molar-refractivity contribution in [2.24, 2.45) is 0 Å². The van der Waals surface area contributed by atoms with Crippen LogP contribution in [-0.2, 0) is 11.3 Å². The Morgan fingerprint density at radius 1 is 1.10 bits per heavy atom. The standard InChI is InChI=1S/C26H26N8O4S/c1-36-11-10-34-24(29-30-31-34)23(17-12-16-13-20-21(38-15-37-20)14-19(16)27-25(17)35)32-6-8-33(9-7-32)26-28-18-4-2-3-5-22(18)39-26/h2-5,12-14,23H,6-11,15H2,1H3,(H,27,35). The van der Waals surface area contributed by atoms with E-state index >= 15 is 0 Å². The van der Waals surface area contributed by atoms with Crippen LogP contribution in [0.25, 0.3) is 21.1 Å². The summed E-state index contributed by atoms with van der Waals surface area (Å²) in [6, 6.07) is 13.3. The zero-order chi connectivity index (χ0) is 26.3. The van der Waals surface area contributed by atoms with E-state index in [9.17, 15) is 4.79 Å². The minimum atomic E-state index is -0.451. The van der Waals surface area contributed by atoms with Crippen LogP contribution in [0.15, 0.2) is 47.3 Å². The lowest BCUT2D eigenvalue weighted by atomic mass is 10.0. The van der Waals surface area contributed by atoms with E-state index in [1.165, 1.54) is 4.70 Å². The van der Waals surface area contributed by atoms with Crippen molar-refractivity contribution >= 4 is 37.6 Å². The summed E-state index contributed by atoms with van der Waals surface area (Å²) < 4.78 is 19.2. The highest BCUT2D eigenvalue weighted by Crippen LogP contribution is 2.37. The molecule has 7 rings (SSSR count). The molecule has 5 heterocycles. The average molecular weight is 547 g/mol. The minimum absolute atomic E-state index is 0.165. The van der Waals surface area contributed by atoms with E-state index in [1.807, 2.05) is 30.3 Å². The Morgan fingerprint density at radius 2 is 1.92 bits per heavy atom. The molecule has 1 saturated heterocycles. The molecule has 0 radical (unpaired) electrons. The molecule has 1 fully saturated rings. The van der Waals surface area contributed by atoms with Gasteiger partial charge in [-0.25, -0.2) is 9.67 Å². The molecule has 12 nitrogen and oxygen atoms in total. The zero-order valence-electron chi connectivity index (χ0n) is 21.2. The van der Waals surface area contributed by atoms with E-state index in [2.05, 4.69) is 36.4 Å². The van der Waals surface area contributed by atoms with Crippen LogP contribution in [0.4, 0.5) is 5.13 Å². The molecule has 2 aromatic carbocycles. The number of aromatic amines is 1. The van der Waals surface area contributed by atoms with E-state index in [0.29, 0.717) is 54.6 Å². The Hall–Kier alpha value is -4.07. The number of tetrazole rings is 1. The van der Waals surface area contributed by atoms with Gasteiger partial charge < -0.3 is 24.1 Å². The Bertz CT molecular complexity index is 1670. The average Bonchev–Trinajstić information content (AvgIpc) is 3.71. The van der Waals surface area contributed by atoms with Gasteiger partial charge in [0.2, 0.25) is 6.79 Å². The zero-order valence-corrected chi connectivity index (χ0v) is 22.1. The maximum Gasteiger partial charge on any atom is 0.253 e. The lowest BCUT2D eigenvalue weighted by Crippen LogP contribution is -2.49. The molecular formula is C26H26N8O4S. The second-order valence-corrected chi connectivity index (χ2v) is 10.5. The van der Waals surface area contributed by atoms with Gasteiger partial charge in [0.25, 0.3) is 5.56 Å². The molecule has 13 heteroatoms. The Morgan fingerprint density at radius 3 is 2.74 bits per heavy atom. The summed E-state index contributed by atoms with van der Waals surface area (Å²) in [7, 11) is 1.64. The summed E-state index contributed by atoms with van der Waals surface area (Å²) in [6.45, 7) is 4.03. The van der Waals surface area contributed by atoms with E-state index in [-0.39, 0.29) is 12.4 Å². The number of hydrogen-bond acceptors (Lipinski definition) is 11. The van der Waals surface area contributed by atoms with Crippen molar-refractivity contribution in [1.29, 1.82) is 0 Å². The van der Waals surface area contributed by atoms with E-state index in [0.717, 1.165) is 29.1 Å². The molecule has 2 aliphatic heterocycles. The number of rotatable bonds is 7. The van der Waals surface area contributed by atoms with Gasteiger partial charge in [-0.05, 0) is 34.7 Å². The third-order valence-electron chi connectivity index (χ3n) is 7.20. The first-order valence-electron chi connectivity index (χ1n) is 12.7. The van der Waals surface area contributed by atoms with Crippen LogP contribution in [0.1, 0.15) is 17.4 Å². The number of pyridine rings is 1. The fraction of sp³-hybridized carbons (Fsp3) is 0.346. The molecule has 3 aromatic heterocycles. The summed E-state index contributed by atoms with van der Waals surface area (Å²) >= 11 is 1.70. The smallest absolute Gasteiger partial charge is 0.253 e. The molecule has 200 valence electrons. The molecule has 1 N–H and O–H groups in total. The fourth-order valence-electron chi connectivity index (χ4n) is 5.23. The van der Waals surface area contributed by atoms with Gasteiger partial charge in [-0.2, -0.15) is 0 Å². The van der Waals surface area contributed by atoms with Crippen LogP contribution >= 0.6 is 11.3 Å². The largest absolute Gasteiger partial charge is 0.454 e. The number of aromatic nitrogens is 6. The van der Waals surface area contributed by atoms with Gasteiger partial charge in [-0.15, -0.1) is 5.10 Å². The number of fused-ring (bicyclic) bond motifs is 3. The van der Waals surface area contributed by atoms with Crippen LogP contribution in [0.5, 0.6) is 11.5 Å². The molecule has 1 unspecified atom stereocenters. The lowest BCUT2D eigenvalue weighted by Gasteiger charge is -2.38. The Kier molecular flexibility index (Phi) is 6.10. The van der Waals surface area contributed by atoms with Gasteiger partial charge >= 0.3 is 0 Å². The number of anilines is 1. The molecule has 0 amide bonds. The second-order valence-electron chi connectivity index (χ2n) is 9.49. The van der Waals surface area contributed by atoms with Gasteiger partial charge in [0, 0.05) is 50.3 Å². The molecule has 0 spiro atoms. The summed E-state index contributed by atoms with van der Waals surface area (Å²) in [5.74, 6) is 1.88. The second kappa shape index (κ2) is 9.91. The van der Waals surface area contributed by atoms with Gasteiger partial charge in [0.1, 0.15) is 6.04 Å². The number of piperazine rings is 1. The van der Waals surface area contributed by atoms with E-state index in [4.69, 9.17) is 19.2 Å². The first kappa shape index (κ1) is 24.0. The Labute approximate surface area is 226 Å². The summed E-state index contributed by atoms with van der Waals surface area (Å²) in [6.07, 6.45) is 0. The highest BCUT2D eigenvalue weighted by molar-refractivity contribution is 7.22. The molecule has 0 aliphatic carbocycles. The fourth-order valence-corrected chi connectivity index (χ4v) is 6.24. The molecular weight excluding hydrogens is 520 g/mol. The van der Waals surface area contributed by atoms with Crippen molar-refractivity contribution in [3.63, 3.8) is 0 Å². The van der Waals surface area contributed by atoms with Crippen LogP contribution in [-0.4, -0.2) is 81.8 Å². The van der Waals surface area contributed by atoms with E-state index in [1.54, 1.807) is 29.2 Å². The summed E-state index contributed by atoms with van der Waals surface area (Å²) in [5.41, 5.74) is 2.08. The number of methoxy groups -OCH3 is 1.